The van der Waals surface area contributed by atoms with Crippen molar-refractivity contribution in [2.75, 3.05) is 0 Å². The van der Waals surface area contributed by atoms with Gasteiger partial charge < -0.3 is 14.7 Å². The number of hydrogen-bond donors (Lipinski definition) is 0. The molecule has 0 N–H and O–H groups in total. The molecule has 0 fully saturated rings. The van der Waals surface area contributed by atoms with Gasteiger partial charge in [0.1, 0.15) is 5.97 Å². The number of carbonyl (C=O) groups is 1. The summed E-state index contributed by atoms with van der Waals surface area (Å²) < 4.78 is 0. The van der Waals surface area contributed by atoms with Gasteiger partial charge in [0.05, 0.1) is 0 Å². The van der Waals surface area contributed by atoms with E-state index in [4.69, 9.17) is 6.57 Å². The molecular weight excluding hydrogens is 94.0 g/mol. The van der Waals surface area contributed by atoms with Crippen LogP contribution in [0.15, 0.2) is 0 Å². The van der Waals surface area contributed by atoms with Crippen molar-refractivity contribution in [3.63, 3.8) is 0 Å². The largest absolute Gasteiger partial charge is 0.543 e. The monoisotopic (exact) mass is 98.0 g/mol. The van der Waals surface area contributed by atoms with Crippen LogP contribution in [-0.4, -0.2) is 12.0 Å². The predicted octanol–water partition coefficient (Wildman–Crippen LogP) is -0.956. The van der Waals surface area contributed by atoms with Crippen LogP contribution < -0.4 is 5.11 Å². The van der Waals surface area contributed by atoms with E-state index in [9.17, 15) is 9.90 Å². The van der Waals surface area contributed by atoms with Crippen LogP contribution in [0.5, 0.6) is 0 Å². The molecule has 0 aromatic heterocycles. The second kappa shape index (κ2) is 2.19. The van der Waals surface area contributed by atoms with Gasteiger partial charge >= 0.3 is 0 Å². The summed E-state index contributed by atoms with van der Waals surface area (Å²) in [6, 6.07) is -1.00. The average molecular weight is 98.1 g/mol. The Balaban J connectivity index is 3.63. The standard InChI is InChI=1S/C4H5NO2/c1-3(5-2)4(6)7/h3H,1H3,(H,6,7)/p-1. The predicted molar refractivity (Wildman–Crippen MR) is 21.1 cm³/mol. The molecule has 3 nitrogen and oxygen atoms in total. The molecular formula is C4H4NO2-. The Morgan fingerprint density at radius 2 is 2.43 bits per heavy atom. The molecule has 3 heteroatoms. The van der Waals surface area contributed by atoms with Crippen molar-refractivity contribution in [2.24, 2.45) is 0 Å². The average Bonchev–Trinajstić information content (AvgIpc) is 1.65. The van der Waals surface area contributed by atoms with E-state index in [0.29, 0.717) is 0 Å². The first-order valence-electron chi connectivity index (χ1n) is 1.76. The molecule has 0 bridgehead atoms. The summed E-state index contributed by atoms with van der Waals surface area (Å²) in [7, 11) is 0. The van der Waals surface area contributed by atoms with Crippen molar-refractivity contribution in [1.29, 1.82) is 0 Å². The number of nitrogens with zero attached hydrogens (tertiary/aromatic N) is 1. The van der Waals surface area contributed by atoms with Crippen molar-refractivity contribution >= 4 is 5.97 Å². The molecule has 38 valence electrons. The van der Waals surface area contributed by atoms with E-state index in [-0.39, 0.29) is 0 Å². The van der Waals surface area contributed by atoms with Crippen LogP contribution in [-0.2, 0) is 4.79 Å². The van der Waals surface area contributed by atoms with Crippen molar-refractivity contribution in [1.82, 2.24) is 0 Å². The summed E-state index contributed by atoms with van der Waals surface area (Å²) in [5.74, 6) is -1.31. The number of aliphatic carboxylic acids is 1. The Hall–Kier alpha value is -1.04. The molecule has 0 rings (SSSR count). The van der Waals surface area contributed by atoms with Gasteiger partial charge in [-0.15, -0.1) is 0 Å². The molecule has 0 saturated heterocycles. The summed E-state index contributed by atoms with van der Waals surface area (Å²) in [6.45, 7) is 7.42. The van der Waals surface area contributed by atoms with Crippen LogP contribution in [0.3, 0.4) is 0 Å². The SMILES string of the molecule is [C-]#[N+]C(C)C(=O)[O-]. The van der Waals surface area contributed by atoms with Crippen molar-refractivity contribution in [2.45, 2.75) is 13.0 Å². The van der Waals surface area contributed by atoms with Crippen LogP contribution in [0.4, 0.5) is 0 Å². The Labute approximate surface area is 41.4 Å². The van der Waals surface area contributed by atoms with Gasteiger partial charge in [-0.3, -0.25) is 0 Å². The first-order valence-corrected chi connectivity index (χ1v) is 1.76. The lowest BCUT2D eigenvalue weighted by atomic mass is 10.4. The van der Waals surface area contributed by atoms with E-state index in [1.54, 1.807) is 0 Å². The van der Waals surface area contributed by atoms with Gasteiger partial charge in [0, 0.05) is 6.92 Å². The molecule has 0 aliphatic carbocycles. The molecule has 0 saturated carbocycles. The smallest absolute Gasteiger partial charge is 0.260 e. The molecule has 0 aromatic rings. The molecule has 7 heavy (non-hydrogen) atoms. The maximum absolute atomic E-state index is 9.61. The van der Waals surface area contributed by atoms with Crippen LogP contribution >= 0.6 is 0 Å². The zero-order valence-electron chi connectivity index (χ0n) is 3.84. The van der Waals surface area contributed by atoms with Crippen molar-refractivity contribution < 1.29 is 9.90 Å². The molecule has 0 amide bonds. The second-order valence-corrected chi connectivity index (χ2v) is 1.12. The fraction of sp³-hybridized carbons (Fsp3) is 0.500. The van der Waals surface area contributed by atoms with Gasteiger partial charge in [-0.1, -0.05) is 0 Å². The van der Waals surface area contributed by atoms with Crippen LogP contribution in [0.2, 0.25) is 0 Å². The maximum Gasteiger partial charge on any atom is 0.260 e. The van der Waals surface area contributed by atoms with Crippen LogP contribution in [0.25, 0.3) is 4.85 Å². The minimum absolute atomic E-state index is 1.00. The van der Waals surface area contributed by atoms with Gasteiger partial charge in [-0.2, -0.15) is 0 Å². The quantitative estimate of drug-likeness (QED) is 0.396. The van der Waals surface area contributed by atoms with Crippen molar-refractivity contribution in [3.8, 4) is 0 Å². The minimum atomic E-state index is -1.31. The molecule has 0 spiro atoms. The molecule has 1 unspecified atom stereocenters. The van der Waals surface area contributed by atoms with E-state index in [0.717, 1.165) is 0 Å². The summed E-state index contributed by atoms with van der Waals surface area (Å²) in [6.07, 6.45) is 0. The van der Waals surface area contributed by atoms with E-state index in [1.807, 2.05) is 0 Å². The topological polar surface area (TPSA) is 44.5 Å². The molecule has 0 heterocycles. The Bertz CT molecular complexity index is 113. The Morgan fingerprint density at radius 3 is 2.43 bits per heavy atom. The fourth-order valence-electron chi connectivity index (χ4n) is 0.0527. The number of rotatable bonds is 1. The lowest BCUT2D eigenvalue weighted by molar-refractivity contribution is -0.305. The Kier molecular flexibility index (Phi) is 1.86. The van der Waals surface area contributed by atoms with Gasteiger partial charge in [0.2, 0.25) is 0 Å². The molecule has 0 aliphatic heterocycles. The molecule has 0 radical (unpaired) electrons. The van der Waals surface area contributed by atoms with E-state index < -0.39 is 12.0 Å². The molecule has 1 atom stereocenters. The first-order chi connectivity index (χ1) is 3.18. The number of carbonyl (C=O) groups excluding carboxylic acids is 1. The van der Waals surface area contributed by atoms with E-state index in [1.165, 1.54) is 6.92 Å². The maximum atomic E-state index is 9.61. The third kappa shape index (κ3) is 1.77. The first kappa shape index (κ1) is 5.96. The Morgan fingerprint density at radius 1 is 2.00 bits per heavy atom. The summed E-state index contributed by atoms with van der Waals surface area (Å²) in [5, 5.41) is 9.61. The number of carboxylic acids is 1. The van der Waals surface area contributed by atoms with E-state index >= 15 is 0 Å². The second-order valence-electron chi connectivity index (χ2n) is 1.12. The lowest BCUT2D eigenvalue weighted by Gasteiger charge is -1.94. The highest BCUT2D eigenvalue weighted by molar-refractivity contribution is 5.72. The summed E-state index contributed by atoms with van der Waals surface area (Å²) >= 11 is 0. The normalized spacial score (nSPS) is 12.0. The highest BCUT2D eigenvalue weighted by atomic mass is 16.4. The molecule has 0 aliphatic rings. The van der Waals surface area contributed by atoms with Gasteiger partial charge in [-0.05, 0) is 0 Å². The fourth-order valence-corrected chi connectivity index (χ4v) is 0.0527. The van der Waals surface area contributed by atoms with Gasteiger partial charge in [-0.25, -0.2) is 6.57 Å². The van der Waals surface area contributed by atoms with E-state index in [2.05, 4.69) is 4.85 Å². The van der Waals surface area contributed by atoms with Gasteiger partial charge in [0.15, 0.2) is 0 Å². The minimum Gasteiger partial charge on any atom is -0.543 e. The third-order valence-corrected chi connectivity index (χ3v) is 0.535. The van der Waals surface area contributed by atoms with Crippen LogP contribution in [0.1, 0.15) is 6.92 Å². The molecule has 0 aromatic carbocycles. The highest BCUT2D eigenvalue weighted by Gasteiger charge is 2.00. The number of hydrogen-bond acceptors (Lipinski definition) is 2. The summed E-state index contributed by atoms with van der Waals surface area (Å²) in [4.78, 5) is 12.3. The highest BCUT2D eigenvalue weighted by Crippen LogP contribution is 1.81. The summed E-state index contributed by atoms with van der Waals surface area (Å²) in [5.41, 5.74) is 0. The zero-order chi connectivity index (χ0) is 5.86. The number of carboxylic acid groups (broad SMARTS) is 1. The van der Waals surface area contributed by atoms with Crippen molar-refractivity contribution in [3.05, 3.63) is 11.4 Å². The lowest BCUT2D eigenvalue weighted by Crippen LogP contribution is -2.31. The van der Waals surface area contributed by atoms with Crippen LogP contribution in [0, 0.1) is 6.57 Å². The van der Waals surface area contributed by atoms with Gasteiger partial charge in [0.25, 0.3) is 6.04 Å². The third-order valence-electron chi connectivity index (χ3n) is 0.535. The zero-order valence-corrected chi connectivity index (χ0v) is 3.84.